The minimum absolute atomic E-state index is 0.116. The van der Waals surface area contributed by atoms with Crippen LogP contribution in [0.15, 0.2) is 53.1 Å². The van der Waals surface area contributed by atoms with Crippen LogP contribution in [0.1, 0.15) is 16.8 Å². The lowest BCUT2D eigenvalue weighted by Crippen LogP contribution is -2.15. The maximum atomic E-state index is 12.6. The van der Waals surface area contributed by atoms with Gasteiger partial charge in [-0.1, -0.05) is 35.5 Å². The number of amides is 1. The molecular formula is C21H18N2O3. The average Bonchev–Trinajstić information content (AvgIpc) is 2.99. The van der Waals surface area contributed by atoms with Crippen LogP contribution in [-0.4, -0.2) is 16.2 Å². The van der Waals surface area contributed by atoms with Crippen molar-refractivity contribution in [1.82, 2.24) is 5.16 Å². The summed E-state index contributed by atoms with van der Waals surface area (Å²) in [5.41, 5.74) is 4.09. The van der Waals surface area contributed by atoms with E-state index in [9.17, 15) is 9.90 Å². The van der Waals surface area contributed by atoms with Gasteiger partial charge in [-0.2, -0.15) is 0 Å². The van der Waals surface area contributed by atoms with Crippen LogP contribution in [0.5, 0.6) is 5.75 Å². The average molecular weight is 346 g/mol. The lowest BCUT2D eigenvalue weighted by atomic mass is 10.1. The van der Waals surface area contributed by atoms with E-state index in [2.05, 4.69) is 10.5 Å². The van der Waals surface area contributed by atoms with Gasteiger partial charge < -0.3 is 14.9 Å². The van der Waals surface area contributed by atoms with Gasteiger partial charge in [0.05, 0.1) is 6.42 Å². The zero-order chi connectivity index (χ0) is 18.3. The summed E-state index contributed by atoms with van der Waals surface area (Å²) in [6, 6.07) is 14.7. The number of hydrogen-bond acceptors (Lipinski definition) is 4. The number of anilines is 1. The number of hydrogen-bond donors (Lipinski definition) is 2. The molecule has 2 N–H and O–H groups in total. The number of nitrogens with zero attached hydrogens (tertiary/aromatic N) is 1. The molecule has 4 rings (SSSR count). The van der Waals surface area contributed by atoms with E-state index in [1.807, 2.05) is 44.2 Å². The molecule has 0 aliphatic carbocycles. The zero-order valence-electron chi connectivity index (χ0n) is 14.5. The molecule has 0 saturated heterocycles. The van der Waals surface area contributed by atoms with Gasteiger partial charge in [-0.3, -0.25) is 4.79 Å². The van der Waals surface area contributed by atoms with Gasteiger partial charge in [0.1, 0.15) is 11.4 Å². The zero-order valence-corrected chi connectivity index (χ0v) is 14.5. The fourth-order valence-electron chi connectivity index (χ4n) is 3.32. The van der Waals surface area contributed by atoms with E-state index in [1.165, 1.54) is 0 Å². The highest BCUT2D eigenvalue weighted by Crippen LogP contribution is 2.30. The monoisotopic (exact) mass is 346 g/mol. The van der Waals surface area contributed by atoms with Crippen LogP contribution in [0.25, 0.3) is 21.7 Å². The lowest BCUT2D eigenvalue weighted by Gasteiger charge is -2.09. The molecule has 0 unspecified atom stereocenters. The van der Waals surface area contributed by atoms with Crippen molar-refractivity contribution in [3.63, 3.8) is 0 Å². The topological polar surface area (TPSA) is 75.4 Å². The van der Waals surface area contributed by atoms with Crippen molar-refractivity contribution in [1.29, 1.82) is 0 Å². The molecule has 0 fully saturated rings. The molecule has 0 spiro atoms. The minimum atomic E-state index is -0.185. The summed E-state index contributed by atoms with van der Waals surface area (Å²) < 4.78 is 5.41. The van der Waals surface area contributed by atoms with E-state index in [1.54, 1.807) is 18.2 Å². The number of nitrogens with one attached hydrogen (secondary N) is 1. The molecule has 3 aromatic carbocycles. The molecule has 0 aliphatic rings. The second-order valence-electron chi connectivity index (χ2n) is 6.49. The maximum Gasteiger partial charge on any atom is 0.230 e. The third-order valence-corrected chi connectivity index (χ3v) is 4.48. The Morgan fingerprint density at radius 2 is 1.85 bits per heavy atom. The smallest absolute Gasteiger partial charge is 0.230 e. The van der Waals surface area contributed by atoms with Crippen molar-refractivity contribution >= 4 is 33.3 Å². The Kier molecular flexibility index (Phi) is 3.84. The highest BCUT2D eigenvalue weighted by Gasteiger charge is 2.15. The Labute approximate surface area is 150 Å². The van der Waals surface area contributed by atoms with Crippen LogP contribution in [0, 0.1) is 13.8 Å². The summed E-state index contributed by atoms with van der Waals surface area (Å²) in [7, 11) is 0. The number of aromatic hydroxyl groups is 1. The number of aromatic nitrogens is 1. The van der Waals surface area contributed by atoms with E-state index >= 15 is 0 Å². The number of fused-ring (bicyclic) bond motifs is 2. The fourth-order valence-corrected chi connectivity index (χ4v) is 3.32. The number of rotatable bonds is 3. The molecular weight excluding hydrogens is 328 g/mol. The second-order valence-corrected chi connectivity index (χ2v) is 6.49. The van der Waals surface area contributed by atoms with Gasteiger partial charge in [-0.05, 0) is 43.2 Å². The molecule has 130 valence electrons. The predicted molar refractivity (Wildman–Crippen MR) is 101 cm³/mol. The molecule has 0 saturated carbocycles. The first-order chi connectivity index (χ1) is 12.5. The fraction of sp³-hybridized carbons (Fsp3) is 0.143. The van der Waals surface area contributed by atoms with Crippen molar-refractivity contribution in [3.05, 3.63) is 65.4 Å². The van der Waals surface area contributed by atoms with E-state index in [4.69, 9.17) is 4.52 Å². The van der Waals surface area contributed by atoms with Crippen LogP contribution in [0.2, 0.25) is 0 Å². The van der Waals surface area contributed by atoms with Crippen molar-refractivity contribution < 1.29 is 14.4 Å². The number of phenolic OH excluding ortho intramolecular Hbond substituents is 1. The van der Waals surface area contributed by atoms with Crippen molar-refractivity contribution in [2.24, 2.45) is 0 Å². The van der Waals surface area contributed by atoms with Gasteiger partial charge in [0.2, 0.25) is 5.91 Å². The number of aryl methyl sites for hydroxylation is 2. The number of phenols is 1. The second kappa shape index (κ2) is 6.19. The van der Waals surface area contributed by atoms with Crippen LogP contribution in [0.3, 0.4) is 0 Å². The van der Waals surface area contributed by atoms with Crippen LogP contribution >= 0.6 is 0 Å². The number of benzene rings is 3. The predicted octanol–water partition coefficient (Wildman–Crippen LogP) is 4.48. The first-order valence-corrected chi connectivity index (χ1v) is 8.39. The highest BCUT2D eigenvalue weighted by molar-refractivity contribution is 6.04. The third-order valence-electron chi connectivity index (χ3n) is 4.48. The van der Waals surface area contributed by atoms with E-state index in [0.717, 1.165) is 21.9 Å². The van der Waals surface area contributed by atoms with Gasteiger partial charge in [0, 0.05) is 21.8 Å². The molecule has 0 aliphatic heterocycles. The van der Waals surface area contributed by atoms with E-state index in [-0.39, 0.29) is 18.1 Å². The Morgan fingerprint density at radius 1 is 1.08 bits per heavy atom. The standard InChI is InChI=1S/C21H18N2O3/c1-12-9-13(2)21-16(10-12)18(23-26-21)11-20(25)22-17-7-3-6-15-14(17)5-4-8-19(15)24/h3-10,24H,11H2,1-2H3,(H,22,25). The molecule has 4 aromatic rings. The van der Waals surface area contributed by atoms with Gasteiger partial charge in [0.25, 0.3) is 0 Å². The third kappa shape index (κ3) is 2.77. The summed E-state index contributed by atoms with van der Waals surface area (Å²) >= 11 is 0. The van der Waals surface area contributed by atoms with E-state index < -0.39 is 0 Å². The van der Waals surface area contributed by atoms with Crippen LogP contribution in [-0.2, 0) is 11.2 Å². The number of carbonyl (C=O) groups is 1. The van der Waals surface area contributed by atoms with Crippen LogP contribution < -0.4 is 5.32 Å². The van der Waals surface area contributed by atoms with Gasteiger partial charge in [-0.25, -0.2) is 0 Å². The summed E-state index contributed by atoms with van der Waals surface area (Å²) in [6.45, 7) is 3.97. The Balaban J connectivity index is 1.64. The van der Waals surface area contributed by atoms with E-state index in [0.29, 0.717) is 22.4 Å². The molecule has 5 heteroatoms. The Bertz CT molecular complexity index is 1140. The van der Waals surface area contributed by atoms with Crippen LogP contribution in [0.4, 0.5) is 5.69 Å². The first-order valence-electron chi connectivity index (χ1n) is 8.39. The quantitative estimate of drug-likeness (QED) is 0.573. The molecule has 5 nitrogen and oxygen atoms in total. The summed E-state index contributed by atoms with van der Waals surface area (Å²) in [5, 5.41) is 19.3. The molecule has 1 heterocycles. The van der Waals surface area contributed by atoms with Crippen molar-refractivity contribution in [2.45, 2.75) is 20.3 Å². The minimum Gasteiger partial charge on any atom is -0.507 e. The van der Waals surface area contributed by atoms with Crippen molar-refractivity contribution in [2.75, 3.05) is 5.32 Å². The lowest BCUT2D eigenvalue weighted by molar-refractivity contribution is -0.115. The molecule has 0 radical (unpaired) electrons. The summed E-state index contributed by atoms with van der Waals surface area (Å²) in [6.07, 6.45) is 0.116. The first kappa shape index (κ1) is 16.1. The normalized spacial score (nSPS) is 11.2. The molecule has 0 bridgehead atoms. The summed E-state index contributed by atoms with van der Waals surface area (Å²) in [5.74, 6) is 0.00208. The van der Waals surface area contributed by atoms with Crippen molar-refractivity contribution in [3.8, 4) is 5.75 Å². The molecule has 26 heavy (non-hydrogen) atoms. The maximum absolute atomic E-state index is 12.6. The Morgan fingerprint density at radius 3 is 2.69 bits per heavy atom. The molecule has 1 amide bonds. The summed E-state index contributed by atoms with van der Waals surface area (Å²) in [4.78, 5) is 12.6. The number of carbonyl (C=O) groups excluding carboxylic acids is 1. The Hall–Kier alpha value is -3.34. The SMILES string of the molecule is Cc1cc(C)c2onc(CC(=O)Nc3cccc4c(O)cccc34)c2c1. The highest BCUT2D eigenvalue weighted by atomic mass is 16.5. The largest absolute Gasteiger partial charge is 0.507 e. The van der Waals surface area contributed by atoms with Gasteiger partial charge in [-0.15, -0.1) is 0 Å². The van der Waals surface area contributed by atoms with Gasteiger partial charge in [0.15, 0.2) is 5.58 Å². The molecule has 0 atom stereocenters. The van der Waals surface area contributed by atoms with Gasteiger partial charge >= 0.3 is 0 Å². The molecule has 1 aromatic heterocycles.